The van der Waals surface area contributed by atoms with Crippen molar-refractivity contribution >= 4 is 17.5 Å². The summed E-state index contributed by atoms with van der Waals surface area (Å²) in [6.45, 7) is 3.40. The molecule has 1 saturated carbocycles. The van der Waals surface area contributed by atoms with Gasteiger partial charge in [0.1, 0.15) is 0 Å². The molecule has 3 aliphatic heterocycles. The molecular weight excluding hydrogens is 302 g/mol. The van der Waals surface area contributed by atoms with Crippen LogP contribution >= 0.6 is 0 Å². The first kappa shape index (κ1) is 14.5. The van der Waals surface area contributed by atoms with Gasteiger partial charge in [-0.25, -0.2) is 0 Å². The van der Waals surface area contributed by atoms with Crippen LogP contribution in [0, 0.1) is 17.8 Å². The molecule has 0 bridgehead atoms. The summed E-state index contributed by atoms with van der Waals surface area (Å²) in [5.41, 5.74) is 1.77. The van der Waals surface area contributed by atoms with Crippen molar-refractivity contribution in [3.63, 3.8) is 0 Å². The number of anilines is 1. The quantitative estimate of drug-likeness (QED) is 0.838. The lowest BCUT2D eigenvalue weighted by Crippen LogP contribution is -2.50. The highest BCUT2D eigenvalue weighted by molar-refractivity contribution is 6.08. The molecule has 3 heterocycles. The third kappa shape index (κ3) is 1.73. The lowest BCUT2D eigenvalue weighted by molar-refractivity contribution is -0.137. The van der Waals surface area contributed by atoms with Gasteiger partial charge in [-0.05, 0) is 49.4 Å². The number of likely N-dealkylation sites (N-methyl/N-ethyl adjacent to an activating group) is 1. The molecule has 5 rings (SSSR count). The molecule has 0 aromatic heterocycles. The van der Waals surface area contributed by atoms with Gasteiger partial charge >= 0.3 is 0 Å². The van der Waals surface area contributed by atoms with Crippen LogP contribution in [-0.4, -0.2) is 49.9 Å². The van der Waals surface area contributed by atoms with Crippen molar-refractivity contribution < 1.29 is 9.59 Å². The van der Waals surface area contributed by atoms with Crippen molar-refractivity contribution in [1.82, 2.24) is 10.2 Å². The highest BCUT2D eigenvalue weighted by Gasteiger charge is 2.59. The Balaban J connectivity index is 1.35. The van der Waals surface area contributed by atoms with Crippen LogP contribution in [0.3, 0.4) is 0 Å². The van der Waals surface area contributed by atoms with Gasteiger partial charge in [0.15, 0.2) is 0 Å². The number of hydrogen-bond donors (Lipinski definition) is 1. The van der Waals surface area contributed by atoms with Gasteiger partial charge in [0.2, 0.25) is 11.8 Å². The number of rotatable bonds is 1. The minimum Gasteiger partial charge on any atom is -0.342 e. The van der Waals surface area contributed by atoms with Crippen LogP contribution in [0.1, 0.15) is 18.4 Å². The Labute approximate surface area is 142 Å². The van der Waals surface area contributed by atoms with Crippen LogP contribution in [0.4, 0.5) is 5.69 Å². The van der Waals surface area contributed by atoms with Gasteiger partial charge in [0, 0.05) is 31.7 Å². The largest absolute Gasteiger partial charge is 0.342 e. The zero-order chi connectivity index (χ0) is 16.5. The second-order valence-electron chi connectivity index (χ2n) is 7.80. The van der Waals surface area contributed by atoms with Gasteiger partial charge in [0.05, 0.1) is 5.41 Å². The molecule has 5 heteroatoms. The minimum absolute atomic E-state index is 0.197. The van der Waals surface area contributed by atoms with Crippen LogP contribution in [0.5, 0.6) is 0 Å². The van der Waals surface area contributed by atoms with Crippen LogP contribution in [0.25, 0.3) is 0 Å². The standard InChI is InChI=1S/C19H23N3O2/c1-21-15-5-3-2-4-14(15)19(18(21)24)6-8-22(9-7-19)17(23)16-12-10-20-11-13(12)16/h2-5,12-13,16,20H,6-11H2,1H3/t12-,13+,16?. The summed E-state index contributed by atoms with van der Waals surface area (Å²) in [5, 5.41) is 3.35. The van der Waals surface area contributed by atoms with Crippen molar-refractivity contribution in [3.8, 4) is 0 Å². The van der Waals surface area contributed by atoms with Crippen LogP contribution in [-0.2, 0) is 15.0 Å². The van der Waals surface area contributed by atoms with E-state index in [1.165, 1.54) is 0 Å². The average molecular weight is 325 g/mol. The van der Waals surface area contributed by atoms with Gasteiger partial charge in [-0.15, -0.1) is 0 Å². The zero-order valence-corrected chi connectivity index (χ0v) is 14.0. The van der Waals surface area contributed by atoms with Crippen molar-refractivity contribution in [2.45, 2.75) is 18.3 Å². The van der Waals surface area contributed by atoms with E-state index in [1.54, 1.807) is 4.90 Å². The molecule has 3 atom stereocenters. The maximum absolute atomic E-state index is 12.9. The number of para-hydroxylation sites is 1. The van der Waals surface area contributed by atoms with Crippen molar-refractivity contribution in [1.29, 1.82) is 0 Å². The fourth-order valence-corrected chi connectivity index (χ4v) is 5.30. The van der Waals surface area contributed by atoms with Crippen LogP contribution in [0.2, 0.25) is 0 Å². The Morgan fingerprint density at radius 1 is 1.17 bits per heavy atom. The first-order valence-electron chi connectivity index (χ1n) is 9.01. The topological polar surface area (TPSA) is 52.7 Å². The lowest BCUT2D eigenvalue weighted by Gasteiger charge is -2.38. The number of nitrogens with zero attached hydrogens (tertiary/aromatic N) is 2. The molecule has 24 heavy (non-hydrogen) atoms. The number of carbonyl (C=O) groups excluding carboxylic acids is 2. The number of carbonyl (C=O) groups is 2. The average Bonchev–Trinajstić information content (AvgIpc) is 3.02. The Kier molecular flexibility index (Phi) is 2.90. The number of hydrogen-bond acceptors (Lipinski definition) is 3. The summed E-state index contributed by atoms with van der Waals surface area (Å²) in [4.78, 5) is 29.5. The van der Waals surface area contributed by atoms with Gasteiger partial charge in [-0.3, -0.25) is 9.59 Å². The van der Waals surface area contributed by atoms with Crippen molar-refractivity contribution in [2.75, 3.05) is 38.1 Å². The number of piperidine rings is 2. The third-order valence-corrected chi connectivity index (χ3v) is 6.80. The normalized spacial score (nSPS) is 32.9. The second-order valence-corrected chi connectivity index (χ2v) is 7.80. The highest BCUT2D eigenvalue weighted by atomic mass is 16.2. The van der Waals surface area contributed by atoms with E-state index in [-0.39, 0.29) is 11.8 Å². The second kappa shape index (κ2) is 4.82. The fraction of sp³-hybridized carbons (Fsp3) is 0.579. The molecule has 1 aromatic rings. The van der Waals surface area contributed by atoms with E-state index in [0.717, 1.165) is 37.2 Å². The van der Waals surface area contributed by atoms with Crippen LogP contribution < -0.4 is 10.2 Å². The Bertz CT molecular complexity index is 713. The monoisotopic (exact) mass is 325 g/mol. The predicted molar refractivity (Wildman–Crippen MR) is 90.7 cm³/mol. The van der Waals surface area contributed by atoms with E-state index in [4.69, 9.17) is 0 Å². The fourth-order valence-electron chi connectivity index (χ4n) is 5.30. The number of fused-ring (bicyclic) bond motifs is 3. The van der Waals surface area contributed by atoms with E-state index in [0.29, 0.717) is 30.8 Å². The number of amides is 2. The maximum Gasteiger partial charge on any atom is 0.237 e. The van der Waals surface area contributed by atoms with Gasteiger partial charge in [-0.2, -0.15) is 0 Å². The number of nitrogens with one attached hydrogen (secondary N) is 1. The SMILES string of the molecule is CN1C(=O)C2(CCN(C(=O)C3[C@H]4CNC[C@@H]34)CC2)c2ccccc21. The first-order chi connectivity index (χ1) is 11.6. The van der Waals surface area contributed by atoms with E-state index < -0.39 is 5.41 Å². The first-order valence-corrected chi connectivity index (χ1v) is 9.01. The molecule has 0 radical (unpaired) electrons. The summed E-state index contributed by atoms with van der Waals surface area (Å²) in [6, 6.07) is 8.12. The summed E-state index contributed by atoms with van der Waals surface area (Å²) >= 11 is 0. The molecule has 1 N–H and O–H groups in total. The van der Waals surface area contributed by atoms with E-state index in [9.17, 15) is 9.59 Å². The number of likely N-dealkylation sites (tertiary alicyclic amines) is 1. The van der Waals surface area contributed by atoms with Gasteiger partial charge < -0.3 is 15.1 Å². The highest BCUT2D eigenvalue weighted by Crippen LogP contribution is 2.51. The molecule has 5 nitrogen and oxygen atoms in total. The van der Waals surface area contributed by atoms with Gasteiger partial charge in [0.25, 0.3) is 0 Å². The third-order valence-electron chi connectivity index (χ3n) is 6.80. The summed E-state index contributed by atoms with van der Waals surface area (Å²) in [5.74, 6) is 1.90. The summed E-state index contributed by atoms with van der Waals surface area (Å²) < 4.78 is 0. The molecule has 126 valence electrons. The summed E-state index contributed by atoms with van der Waals surface area (Å²) in [6.07, 6.45) is 1.50. The molecule has 1 unspecified atom stereocenters. The molecular formula is C19H23N3O2. The van der Waals surface area contributed by atoms with E-state index in [2.05, 4.69) is 11.4 Å². The smallest absolute Gasteiger partial charge is 0.237 e. The van der Waals surface area contributed by atoms with Crippen molar-refractivity contribution in [2.24, 2.45) is 17.8 Å². The number of benzene rings is 1. The van der Waals surface area contributed by atoms with Crippen molar-refractivity contribution in [3.05, 3.63) is 29.8 Å². The molecule has 4 aliphatic rings. The minimum atomic E-state index is -0.414. The lowest BCUT2D eigenvalue weighted by atomic mass is 9.73. The molecule has 1 aliphatic carbocycles. The van der Waals surface area contributed by atoms with Gasteiger partial charge in [-0.1, -0.05) is 18.2 Å². The molecule has 2 amide bonds. The zero-order valence-electron chi connectivity index (χ0n) is 14.0. The maximum atomic E-state index is 12.9. The molecule has 1 spiro atoms. The Morgan fingerprint density at radius 2 is 1.83 bits per heavy atom. The molecule has 1 aromatic carbocycles. The summed E-state index contributed by atoms with van der Waals surface area (Å²) in [7, 11) is 1.87. The van der Waals surface area contributed by atoms with E-state index >= 15 is 0 Å². The Hall–Kier alpha value is -1.88. The van der Waals surface area contributed by atoms with E-state index in [1.807, 2.05) is 30.1 Å². The molecule has 2 saturated heterocycles. The van der Waals surface area contributed by atoms with Crippen LogP contribution in [0.15, 0.2) is 24.3 Å². The molecule has 3 fully saturated rings. The predicted octanol–water partition coefficient (Wildman–Crippen LogP) is 0.989. The Morgan fingerprint density at radius 3 is 2.54 bits per heavy atom.